The van der Waals surface area contributed by atoms with Crippen molar-refractivity contribution < 1.29 is 4.74 Å². The van der Waals surface area contributed by atoms with Crippen molar-refractivity contribution in [1.29, 1.82) is 0 Å². The first-order valence-electron chi connectivity index (χ1n) is 11.0. The largest absolute Gasteiger partial charge is 0.389 e. The van der Waals surface area contributed by atoms with Crippen LogP contribution in [0.15, 0.2) is 65.8 Å². The minimum absolute atomic E-state index is 0.432. The molecule has 0 amide bonds. The van der Waals surface area contributed by atoms with Crippen LogP contribution in [-0.2, 0) is 11.2 Å². The molecule has 2 aliphatic rings. The molecule has 3 aromatic rings. The lowest BCUT2D eigenvalue weighted by Gasteiger charge is -2.24. The number of ether oxygens (including phenoxy) is 1. The van der Waals surface area contributed by atoms with E-state index in [9.17, 15) is 0 Å². The van der Waals surface area contributed by atoms with Crippen LogP contribution in [0.1, 0.15) is 36.4 Å². The molecule has 1 fully saturated rings. The maximum Gasteiger partial charge on any atom is 0.104 e. The highest BCUT2D eigenvalue weighted by Gasteiger charge is 2.20. The van der Waals surface area contributed by atoms with E-state index in [1.165, 1.54) is 27.7 Å². The van der Waals surface area contributed by atoms with Gasteiger partial charge >= 0.3 is 0 Å². The zero-order valence-corrected chi connectivity index (χ0v) is 18.4. The van der Waals surface area contributed by atoms with E-state index in [4.69, 9.17) is 22.7 Å². The van der Waals surface area contributed by atoms with E-state index in [1.807, 2.05) is 12.1 Å². The van der Waals surface area contributed by atoms with Gasteiger partial charge in [0.05, 0.1) is 6.54 Å². The van der Waals surface area contributed by atoms with Gasteiger partial charge in [-0.2, -0.15) is 0 Å². The Balaban J connectivity index is 1.56. The molecule has 158 valence electrons. The average molecular weight is 430 g/mol. The van der Waals surface area contributed by atoms with E-state index >= 15 is 0 Å². The fourth-order valence-corrected chi connectivity index (χ4v) is 4.76. The molecule has 0 spiro atoms. The Bertz CT molecular complexity index is 1180. The zero-order valence-electron chi connectivity index (χ0n) is 17.6. The van der Waals surface area contributed by atoms with Crippen molar-refractivity contribution in [2.24, 2.45) is 10.7 Å². The Hall–Kier alpha value is -2.76. The molecule has 0 unspecified atom stereocenters. The van der Waals surface area contributed by atoms with E-state index in [0.29, 0.717) is 11.0 Å². The topological polar surface area (TPSA) is 52.5 Å². The summed E-state index contributed by atoms with van der Waals surface area (Å²) in [6, 6.07) is 15.6. The van der Waals surface area contributed by atoms with Crippen LogP contribution in [0.4, 0.5) is 0 Å². The lowest BCUT2D eigenvalue weighted by molar-refractivity contribution is 0.0707. The second-order valence-corrected chi connectivity index (χ2v) is 8.76. The highest BCUT2D eigenvalue weighted by molar-refractivity contribution is 7.80. The molecule has 0 atom stereocenters. The third-order valence-electron chi connectivity index (χ3n) is 6.32. The van der Waals surface area contributed by atoms with Crippen molar-refractivity contribution in [3.8, 4) is 11.1 Å². The van der Waals surface area contributed by atoms with Gasteiger partial charge in [-0.1, -0.05) is 48.6 Å². The number of allylic oxidation sites excluding steroid dienone is 1. The van der Waals surface area contributed by atoms with E-state index in [-0.39, 0.29) is 0 Å². The number of nitrogens with two attached hydrogens (primary N) is 1. The van der Waals surface area contributed by atoms with Crippen LogP contribution in [0, 0.1) is 0 Å². The molecule has 2 N–H and O–H groups in total. The van der Waals surface area contributed by atoms with Crippen LogP contribution in [0.2, 0.25) is 0 Å². The minimum atomic E-state index is 0.432. The average Bonchev–Trinajstić information content (AvgIpc) is 3.46. The monoisotopic (exact) mass is 429 g/mol. The van der Waals surface area contributed by atoms with Gasteiger partial charge in [-0.15, -0.1) is 0 Å². The quantitative estimate of drug-likeness (QED) is 0.546. The summed E-state index contributed by atoms with van der Waals surface area (Å²) >= 11 is 5.21. The second-order valence-electron chi connectivity index (χ2n) is 8.32. The molecular formula is C26H27N3OS. The third kappa shape index (κ3) is 4.21. The van der Waals surface area contributed by atoms with Crippen molar-refractivity contribution in [3.05, 3.63) is 71.9 Å². The maximum absolute atomic E-state index is 5.90. The van der Waals surface area contributed by atoms with Gasteiger partial charge < -0.3 is 15.0 Å². The summed E-state index contributed by atoms with van der Waals surface area (Å²) in [5, 5.41) is 1.27. The fourth-order valence-electron chi connectivity index (χ4n) is 4.63. The Morgan fingerprint density at radius 2 is 2.00 bits per heavy atom. The molecule has 5 heteroatoms. The second kappa shape index (κ2) is 8.77. The molecule has 2 aliphatic heterocycles. The maximum atomic E-state index is 5.90. The first kappa shape index (κ1) is 20.2. The van der Waals surface area contributed by atoms with Crippen LogP contribution in [0.5, 0.6) is 0 Å². The molecule has 3 heterocycles. The molecule has 5 rings (SSSR count). The number of nitrogens with zero attached hydrogens (tertiary/aromatic N) is 2. The summed E-state index contributed by atoms with van der Waals surface area (Å²) < 4.78 is 8.09. The van der Waals surface area contributed by atoms with E-state index in [2.05, 4.69) is 58.2 Å². The van der Waals surface area contributed by atoms with Crippen molar-refractivity contribution in [3.63, 3.8) is 0 Å². The smallest absolute Gasteiger partial charge is 0.104 e. The van der Waals surface area contributed by atoms with Gasteiger partial charge in [0.15, 0.2) is 0 Å². The Kier molecular flexibility index (Phi) is 5.70. The summed E-state index contributed by atoms with van der Waals surface area (Å²) in [5.41, 5.74) is 13.0. The fraction of sp³-hybridized carbons (Fsp3) is 0.308. The highest BCUT2D eigenvalue weighted by atomic mass is 32.1. The van der Waals surface area contributed by atoms with Gasteiger partial charge in [0.2, 0.25) is 0 Å². The molecule has 1 saturated heterocycles. The number of aromatic nitrogens is 1. The van der Waals surface area contributed by atoms with Crippen LogP contribution < -0.4 is 5.73 Å². The zero-order chi connectivity index (χ0) is 21.2. The Morgan fingerprint density at radius 1 is 1.13 bits per heavy atom. The number of benzene rings is 2. The molecular weight excluding hydrogens is 402 g/mol. The van der Waals surface area contributed by atoms with Crippen molar-refractivity contribution in [2.75, 3.05) is 19.8 Å². The molecule has 0 saturated carbocycles. The highest BCUT2D eigenvalue weighted by Crippen LogP contribution is 2.36. The van der Waals surface area contributed by atoms with Gasteiger partial charge in [0.25, 0.3) is 0 Å². The molecule has 1 aromatic heterocycles. The summed E-state index contributed by atoms with van der Waals surface area (Å²) in [6.45, 7) is 2.47. The first-order chi connectivity index (χ1) is 15.2. The number of fused-ring (bicyclic) bond motifs is 1. The number of aryl methyl sites for hydroxylation is 1. The van der Waals surface area contributed by atoms with Crippen molar-refractivity contribution in [1.82, 2.24) is 4.57 Å². The Morgan fingerprint density at radius 3 is 2.77 bits per heavy atom. The molecule has 31 heavy (non-hydrogen) atoms. The van der Waals surface area contributed by atoms with Crippen molar-refractivity contribution in [2.45, 2.75) is 31.7 Å². The van der Waals surface area contributed by atoms with Gasteiger partial charge in [0.1, 0.15) is 4.99 Å². The third-order valence-corrected chi connectivity index (χ3v) is 6.56. The molecule has 0 aliphatic carbocycles. The van der Waals surface area contributed by atoms with Crippen LogP contribution >= 0.6 is 12.2 Å². The van der Waals surface area contributed by atoms with Crippen LogP contribution in [0.3, 0.4) is 0 Å². The predicted molar refractivity (Wildman–Crippen MR) is 132 cm³/mol. The van der Waals surface area contributed by atoms with E-state index in [1.54, 1.807) is 0 Å². The first-order valence-corrected chi connectivity index (χ1v) is 11.4. The molecule has 0 radical (unpaired) electrons. The SMILES string of the molecule is NC(=S)c1cccc(-c2cn(C3CCOCC3)c3cc(CCC4=NCC=C4)ccc23)c1. The van der Waals surface area contributed by atoms with Crippen LogP contribution in [0.25, 0.3) is 22.0 Å². The van der Waals surface area contributed by atoms with Crippen molar-refractivity contribution >= 4 is 33.8 Å². The standard InChI is InChI=1S/C26H27N3OS/c27-26(31)20-4-1-3-19(16-20)24-17-29(22-10-13-30-14-11-22)25-15-18(7-9-23(24)25)6-8-21-5-2-12-28-21/h1-5,7,9,15-17,22H,6,8,10-14H2,(H2,27,31). The molecule has 0 bridgehead atoms. The number of aliphatic imine (C=N–C) groups is 1. The lowest BCUT2D eigenvalue weighted by atomic mass is 10.00. The van der Waals surface area contributed by atoms with E-state index in [0.717, 1.165) is 56.6 Å². The van der Waals surface area contributed by atoms with Gasteiger partial charge in [-0.05, 0) is 55.0 Å². The summed E-state index contributed by atoms with van der Waals surface area (Å²) in [7, 11) is 0. The lowest BCUT2D eigenvalue weighted by Crippen LogP contribution is -2.18. The van der Waals surface area contributed by atoms with Gasteiger partial charge in [0, 0.05) is 53.2 Å². The van der Waals surface area contributed by atoms with E-state index < -0.39 is 0 Å². The molecule has 4 nitrogen and oxygen atoms in total. The number of hydrogen-bond donors (Lipinski definition) is 1. The number of hydrogen-bond acceptors (Lipinski definition) is 3. The normalized spacial score (nSPS) is 16.7. The minimum Gasteiger partial charge on any atom is -0.389 e. The summed E-state index contributed by atoms with van der Waals surface area (Å²) in [6.07, 6.45) is 10.7. The van der Waals surface area contributed by atoms with Gasteiger partial charge in [-0.25, -0.2) is 0 Å². The predicted octanol–water partition coefficient (Wildman–Crippen LogP) is 5.24. The van der Waals surface area contributed by atoms with Crippen LogP contribution in [-0.4, -0.2) is 35.0 Å². The summed E-state index contributed by atoms with van der Waals surface area (Å²) in [4.78, 5) is 4.97. The summed E-state index contributed by atoms with van der Waals surface area (Å²) in [5.74, 6) is 0. The number of thiocarbonyl (C=S) groups is 1. The Labute approximate surface area is 188 Å². The number of rotatable bonds is 6. The van der Waals surface area contributed by atoms with Gasteiger partial charge in [-0.3, -0.25) is 4.99 Å². The molecule has 2 aromatic carbocycles.